The molecule has 0 aromatic heterocycles. The van der Waals surface area contributed by atoms with Crippen molar-refractivity contribution >= 4 is 23.2 Å². The molecule has 38 heavy (non-hydrogen) atoms. The van der Waals surface area contributed by atoms with Crippen molar-refractivity contribution in [1.29, 1.82) is 5.53 Å². The van der Waals surface area contributed by atoms with E-state index in [1.54, 1.807) is 17.6 Å². The minimum Gasteiger partial charge on any atom is -0.508 e. The van der Waals surface area contributed by atoms with Gasteiger partial charge in [0.15, 0.2) is 11.4 Å². The van der Waals surface area contributed by atoms with Gasteiger partial charge in [0, 0.05) is 21.3 Å². The molecule has 3 aliphatic carbocycles. The highest BCUT2D eigenvalue weighted by Crippen LogP contribution is 2.52. The monoisotopic (exact) mass is 524 g/mol. The number of nitrogens with one attached hydrogen (secondary N) is 2. The lowest BCUT2D eigenvalue weighted by molar-refractivity contribution is -0.155. The molecule has 0 heterocycles. The Morgan fingerprint density at radius 2 is 1.84 bits per heavy atom. The summed E-state index contributed by atoms with van der Waals surface area (Å²) in [5.41, 5.74) is 22.3. The van der Waals surface area contributed by atoms with Crippen molar-refractivity contribution in [2.45, 2.75) is 24.5 Å². The molecule has 0 saturated heterocycles. The number of phenolic OH excluding ortho intramolecular Hbond substituents is 1. The topological polar surface area (TPSA) is 281 Å². The first-order valence-electron chi connectivity index (χ1n) is 11.0. The molecule has 3 aliphatic rings. The van der Waals surface area contributed by atoms with Gasteiger partial charge in [-0.2, -0.15) is 5.53 Å². The van der Waals surface area contributed by atoms with Crippen LogP contribution in [0.2, 0.25) is 0 Å². The molecule has 1 saturated carbocycles. The number of aliphatic hydroxyl groups excluding tert-OH is 2. The van der Waals surface area contributed by atoms with Gasteiger partial charge in [-0.15, -0.1) is 0 Å². The van der Waals surface area contributed by atoms with E-state index in [4.69, 9.17) is 16.6 Å². The molecule has 17 heteroatoms. The number of benzene rings is 1. The maximum atomic E-state index is 13.9. The first-order chi connectivity index (χ1) is 18.1. The fourth-order valence-corrected chi connectivity index (χ4v) is 5.54. The second-order valence-electron chi connectivity index (χ2n) is 8.83. The van der Waals surface area contributed by atoms with Gasteiger partial charge in [-0.25, -0.2) is 5.43 Å². The van der Waals surface area contributed by atoms with Gasteiger partial charge < -0.3 is 20.4 Å². The van der Waals surface area contributed by atoms with Gasteiger partial charge in [-0.05, 0) is 41.5 Å². The Morgan fingerprint density at radius 1 is 1.18 bits per heavy atom. The van der Waals surface area contributed by atoms with Crippen molar-refractivity contribution in [2.75, 3.05) is 13.3 Å². The van der Waals surface area contributed by atoms with E-state index in [0.29, 0.717) is 5.56 Å². The average Bonchev–Trinajstić information content (AvgIpc) is 2.87. The molecule has 4 rings (SSSR count). The number of phenols is 1. The highest BCUT2D eigenvalue weighted by atomic mass is 16.3. The van der Waals surface area contributed by atoms with Crippen LogP contribution in [-0.4, -0.2) is 67.8 Å². The zero-order chi connectivity index (χ0) is 27.8. The summed E-state index contributed by atoms with van der Waals surface area (Å²) >= 11 is 0. The summed E-state index contributed by atoms with van der Waals surface area (Å²) in [5, 5.41) is 53.5. The molecule has 0 aliphatic heterocycles. The van der Waals surface area contributed by atoms with E-state index < -0.39 is 71.4 Å². The minimum absolute atomic E-state index is 0.0274. The Hall–Kier alpha value is -4.95. The molecule has 0 spiro atoms. The molecule has 0 bridgehead atoms. The maximum Gasteiger partial charge on any atom is 0.279 e. The standard InChI is InChI=1S/C21H20N10O7/c22-28-25-6-31(7-26-29-23)15-10-5-9-4-8-2-1-3-11(32)12(8)16(33)13(9)18(35)21(10,38)19(36)14(17(15)34)20(37)27-30-24/h1-3,9-10,15,32-33,36,38H,4-7H2,(H2,24,27,37)/t9?,10?,15-,21-/m0/s1. The van der Waals surface area contributed by atoms with E-state index in [1.807, 2.05) is 0 Å². The Kier molecular flexibility index (Phi) is 6.76. The summed E-state index contributed by atoms with van der Waals surface area (Å²) in [5.74, 6) is -8.26. The number of hydrogen-bond donors (Lipinski definition) is 6. The molecule has 17 nitrogen and oxygen atoms in total. The summed E-state index contributed by atoms with van der Waals surface area (Å²) < 4.78 is 0. The Labute approximate surface area is 212 Å². The number of ketones is 2. The van der Waals surface area contributed by atoms with Crippen LogP contribution in [0.25, 0.3) is 26.6 Å². The van der Waals surface area contributed by atoms with Crippen LogP contribution in [0.3, 0.4) is 0 Å². The summed E-state index contributed by atoms with van der Waals surface area (Å²) in [7, 11) is 0. The number of amides is 1. The third-order valence-corrected chi connectivity index (χ3v) is 7.05. The number of aliphatic hydroxyl groups is 3. The van der Waals surface area contributed by atoms with Crippen molar-refractivity contribution in [3.8, 4) is 5.75 Å². The van der Waals surface area contributed by atoms with Crippen LogP contribution in [0.1, 0.15) is 17.5 Å². The fourth-order valence-electron chi connectivity index (χ4n) is 5.54. The number of hydrogen-bond acceptors (Lipinski definition) is 12. The lowest BCUT2D eigenvalue weighted by Crippen LogP contribution is -2.66. The van der Waals surface area contributed by atoms with Crippen molar-refractivity contribution < 1.29 is 34.8 Å². The number of rotatable bonds is 7. The van der Waals surface area contributed by atoms with Gasteiger partial charge in [0.1, 0.15) is 22.8 Å². The molecule has 4 atom stereocenters. The highest BCUT2D eigenvalue weighted by molar-refractivity contribution is 6.24. The normalized spacial score (nSPS) is 26.0. The summed E-state index contributed by atoms with van der Waals surface area (Å²) in [6.45, 7) is -1.17. The largest absolute Gasteiger partial charge is 0.508 e. The molecular weight excluding hydrogens is 504 g/mol. The molecule has 1 amide bonds. The van der Waals surface area contributed by atoms with Crippen LogP contribution >= 0.6 is 0 Å². The molecule has 2 unspecified atom stereocenters. The first-order valence-corrected chi connectivity index (χ1v) is 11.0. The van der Waals surface area contributed by atoms with Crippen LogP contribution in [-0.2, 0) is 20.8 Å². The number of aromatic hydroxyl groups is 1. The number of carbonyl (C=O) groups excluding carboxylic acids is 3. The first kappa shape index (κ1) is 26.1. The number of Topliss-reactive ketones (excluding diaryl/α,β-unsaturated/α-hetero) is 2. The van der Waals surface area contributed by atoms with Crippen molar-refractivity contribution in [1.82, 2.24) is 10.3 Å². The van der Waals surface area contributed by atoms with E-state index in [9.17, 15) is 34.8 Å². The van der Waals surface area contributed by atoms with Crippen molar-refractivity contribution in [3.63, 3.8) is 0 Å². The van der Waals surface area contributed by atoms with Gasteiger partial charge in [-0.1, -0.05) is 27.6 Å². The highest BCUT2D eigenvalue weighted by Gasteiger charge is 2.64. The van der Waals surface area contributed by atoms with Gasteiger partial charge in [0.2, 0.25) is 5.78 Å². The summed E-state index contributed by atoms with van der Waals surface area (Å²) in [6.07, 6.45) is -0.0808. The van der Waals surface area contributed by atoms with Crippen molar-refractivity contribution in [3.05, 3.63) is 67.1 Å². The van der Waals surface area contributed by atoms with E-state index in [1.165, 1.54) is 6.07 Å². The van der Waals surface area contributed by atoms with Gasteiger partial charge in [0.25, 0.3) is 5.91 Å². The Balaban J connectivity index is 1.97. The quantitative estimate of drug-likeness (QED) is 0.100. The van der Waals surface area contributed by atoms with Crippen LogP contribution in [0.15, 0.2) is 50.6 Å². The van der Waals surface area contributed by atoms with Gasteiger partial charge >= 0.3 is 0 Å². The molecule has 6 N–H and O–H groups in total. The average molecular weight is 524 g/mol. The van der Waals surface area contributed by atoms with E-state index in [2.05, 4.69) is 25.3 Å². The number of nitrogens with zero attached hydrogens (tertiary/aromatic N) is 8. The summed E-state index contributed by atoms with van der Waals surface area (Å²) in [4.78, 5) is 46.3. The molecule has 1 aromatic carbocycles. The third kappa shape index (κ3) is 3.79. The molecule has 196 valence electrons. The minimum atomic E-state index is -2.94. The number of azide groups is 2. The molecule has 0 radical (unpaired) electrons. The van der Waals surface area contributed by atoms with E-state index >= 15 is 0 Å². The van der Waals surface area contributed by atoms with E-state index in [0.717, 1.165) is 4.90 Å². The van der Waals surface area contributed by atoms with Crippen LogP contribution in [0.4, 0.5) is 0 Å². The van der Waals surface area contributed by atoms with Crippen LogP contribution < -0.4 is 5.43 Å². The SMILES string of the molecule is [N-]=[N+]=NCN(CN=[N+]=[N-])[C@@H]1C(=O)C(C(=O)NN=N)=C(O)[C@@]2(O)C(=O)C3=C(O)c4c(O)cccc4CC3CC12. The Bertz CT molecular complexity index is 1410. The lowest BCUT2D eigenvalue weighted by atomic mass is 9.57. The zero-order valence-corrected chi connectivity index (χ0v) is 19.4. The van der Waals surface area contributed by atoms with Gasteiger partial charge in [0.05, 0.1) is 24.9 Å². The smallest absolute Gasteiger partial charge is 0.279 e. The van der Waals surface area contributed by atoms with Gasteiger partial charge in [-0.3, -0.25) is 19.3 Å². The van der Waals surface area contributed by atoms with Crippen LogP contribution in [0, 0.1) is 17.4 Å². The maximum absolute atomic E-state index is 13.9. The van der Waals surface area contributed by atoms with Crippen molar-refractivity contribution in [2.24, 2.45) is 27.3 Å². The fraction of sp³-hybridized carbons (Fsp3) is 0.381. The number of carbonyl (C=O) groups is 3. The lowest BCUT2D eigenvalue weighted by Gasteiger charge is -2.50. The Morgan fingerprint density at radius 3 is 2.45 bits per heavy atom. The second kappa shape index (κ2) is 9.84. The third-order valence-electron chi connectivity index (χ3n) is 7.05. The zero-order valence-electron chi connectivity index (χ0n) is 19.4. The number of fused-ring (bicyclic) bond motifs is 3. The summed E-state index contributed by atoms with van der Waals surface area (Å²) in [6, 6.07) is 2.83. The van der Waals surface area contributed by atoms with E-state index in [-0.39, 0.29) is 29.7 Å². The molecule has 1 aromatic rings. The predicted molar refractivity (Wildman–Crippen MR) is 125 cm³/mol. The van der Waals surface area contributed by atoms with Crippen LogP contribution in [0.5, 0.6) is 5.75 Å². The molecular formula is C21H20N10O7. The second-order valence-corrected chi connectivity index (χ2v) is 8.83. The molecule has 1 fully saturated rings. The predicted octanol–water partition coefficient (Wildman–Crippen LogP) is 1.82.